The lowest BCUT2D eigenvalue weighted by Gasteiger charge is -2.43. The van der Waals surface area contributed by atoms with Crippen LogP contribution in [0.1, 0.15) is 34.1 Å². The molecule has 1 saturated heterocycles. The molecule has 0 saturated carbocycles. The molecule has 1 aliphatic rings. The van der Waals surface area contributed by atoms with Crippen molar-refractivity contribution in [2.75, 3.05) is 13.1 Å². The van der Waals surface area contributed by atoms with Gasteiger partial charge in [-0.3, -0.25) is 4.79 Å². The first-order valence-electron chi connectivity index (χ1n) is 5.01. The summed E-state index contributed by atoms with van der Waals surface area (Å²) in [7, 11) is 0. The van der Waals surface area contributed by atoms with Gasteiger partial charge in [-0.2, -0.15) is 0 Å². The lowest BCUT2D eigenvalue weighted by molar-refractivity contribution is -0.135. The normalized spacial score (nSPS) is 27.4. The van der Waals surface area contributed by atoms with Gasteiger partial charge in [-0.15, -0.1) is 0 Å². The molecule has 3 heteroatoms. The molecule has 1 unspecified atom stereocenters. The maximum atomic E-state index is 11.6. The van der Waals surface area contributed by atoms with Crippen molar-refractivity contribution < 1.29 is 4.79 Å². The number of hydrogen-bond donors (Lipinski definition) is 1. The number of hydrogen-bond acceptors (Lipinski definition) is 2. The Kier molecular flexibility index (Phi) is 2.96. The van der Waals surface area contributed by atoms with Gasteiger partial charge in [0.25, 0.3) is 0 Å². The van der Waals surface area contributed by atoms with Crippen LogP contribution in [-0.2, 0) is 4.79 Å². The predicted molar refractivity (Wildman–Crippen MR) is 53.5 cm³/mol. The summed E-state index contributed by atoms with van der Waals surface area (Å²) in [4.78, 5) is 13.5. The van der Waals surface area contributed by atoms with Crippen LogP contribution in [0.25, 0.3) is 0 Å². The maximum Gasteiger partial charge on any atom is 0.222 e. The van der Waals surface area contributed by atoms with Gasteiger partial charge >= 0.3 is 0 Å². The molecule has 1 fully saturated rings. The molecule has 0 aromatic carbocycles. The van der Waals surface area contributed by atoms with E-state index in [0.717, 1.165) is 13.1 Å². The number of nitrogens with zero attached hydrogens (tertiary/aromatic N) is 1. The largest absolute Gasteiger partial charge is 0.337 e. The van der Waals surface area contributed by atoms with Gasteiger partial charge in [-0.25, -0.2) is 0 Å². The van der Waals surface area contributed by atoms with E-state index in [-0.39, 0.29) is 11.4 Å². The van der Waals surface area contributed by atoms with E-state index >= 15 is 0 Å². The second-order valence-electron chi connectivity index (χ2n) is 4.49. The molecular formula is C10H20N2O. The molecule has 3 nitrogen and oxygen atoms in total. The fourth-order valence-corrected chi connectivity index (χ4v) is 1.71. The Morgan fingerprint density at radius 3 is 2.77 bits per heavy atom. The Hall–Kier alpha value is -0.570. The summed E-state index contributed by atoms with van der Waals surface area (Å²) in [5, 5.41) is 3.42. The van der Waals surface area contributed by atoms with Crippen LogP contribution in [0.4, 0.5) is 0 Å². The molecule has 1 N–H and O–H groups in total. The number of rotatable bonds is 1. The Bertz CT molecular complexity index is 201. The second kappa shape index (κ2) is 3.66. The van der Waals surface area contributed by atoms with Crippen LogP contribution < -0.4 is 5.32 Å². The van der Waals surface area contributed by atoms with Crippen molar-refractivity contribution in [3.05, 3.63) is 0 Å². The molecule has 1 atom stereocenters. The van der Waals surface area contributed by atoms with Crippen LogP contribution >= 0.6 is 0 Å². The van der Waals surface area contributed by atoms with Crippen LogP contribution in [0.3, 0.4) is 0 Å². The summed E-state index contributed by atoms with van der Waals surface area (Å²) in [6.07, 6.45) is 0.612. The molecule has 76 valence electrons. The highest BCUT2D eigenvalue weighted by molar-refractivity contribution is 5.76. The van der Waals surface area contributed by atoms with Crippen LogP contribution in [0.2, 0.25) is 0 Å². The molecule has 13 heavy (non-hydrogen) atoms. The minimum Gasteiger partial charge on any atom is -0.337 e. The number of piperazine rings is 1. The van der Waals surface area contributed by atoms with Gasteiger partial charge in [0.1, 0.15) is 0 Å². The van der Waals surface area contributed by atoms with Crippen molar-refractivity contribution in [3.8, 4) is 0 Å². The summed E-state index contributed by atoms with van der Waals surface area (Å²) in [6.45, 7) is 10.0. The fraction of sp³-hybridized carbons (Fsp3) is 0.900. The van der Waals surface area contributed by atoms with E-state index in [1.165, 1.54) is 0 Å². The van der Waals surface area contributed by atoms with E-state index in [4.69, 9.17) is 0 Å². The average Bonchev–Trinajstić information content (AvgIpc) is 2.08. The van der Waals surface area contributed by atoms with Crippen LogP contribution in [0.15, 0.2) is 0 Å². The molecule has 1 amide bonds. The highest BCUT2D eigenvalue weighted by Crippen LogP contribution is 2.15. The molecule has 0 bridgehead atoms. The molecule has 1 aliphatic heterocycles. The molecule has 0 spiro atoms. The van der Waals surface area contributed by atoms with Crippen molar-refractivity contribution in [1.29, 1.82) is 0 Å². The first-order chi connectivity index (χ1) is 5.96. The minimum atomic E-state index is 0.0668. The van der Waals surface area contributed by atoms with Crippen LogP contribution in [-0.4, -0.2) is 35.5 Å². The summed E-state index contributed by atoms with van der Waals surface area (Å²) in [5.74, 6) is 0.266. The molecular weight excluding hydrogens is 164 g/mol. The molecule has 1 rings (SSSR count). The number of carbonyl (C=O) groups excluding carboxylic acids is 1. The summed E-state index contributed by atoms with van der Waals surface area (Å²) >= 11 is 0. The molecule has 0 aromatic heterocycles. The van der Waals surface area contributed by atoms with E-state index < -0.39 is 0 Å². The van der Waals surface area contributed by atoms with Gasteiger partial charge in [0.05, 0.1) is 0 Å². The van der Waals surface area contributed by atoms with Crippen LogP contribution in [0.5, 0.6) is 0 Å². The van der Waals surface area contributed by atoms with Crippen LogP contribution in [0, 0.1) is 0 Å². The standard InChI is InChI=1S/C10H20N2O/c1-5-9(13)12-7-10(3,4)11-6-8(12)2/h8,11H,5-7H2,1-4H3. The van der Waals surface area contributed by atoms with Gasteiger partial charge < -0.3 is 10.2 Å². The van der Waals surface area contributed by atoms with Crippen molar-refractivity contribution in [2.24, 2.45) is 0 Å². The zero-order valence-electron chi connectivity index (χ0n) is 9.05. The average molecular weight is 184 g/mol. The first-order valence-corrected chi connectivity index (χ1v) is 5.01. The number of carbonyl (C=O) groups is 1. The lowest BCUT2D eigenvalue weighted by atomic mass is 9.99. The summed E-state index contributed by atoms with van der Waals surface area (Å²) < 4.78 is 0. The zero-order valence-corrected chi connectivity index (χ0v) is 9.05. The van der Waals surface area contributed by atoms with Crippen molar-refractivity contribution in [1.82, 2.24) is 10.2 Å². The van der Waals surface area contributed by atoms with Crippen molar-refractivity contribution in [2.45, 2.75) is 45.7 Å². The number of amides is 1. The van der Waals surface area contributed by atoms with Crippen molar-refractivity contribution in [3.63, 3.8) is 0 Å². The topological polar surface area (TPSA) is 32.3 Å². The third kappa shape index (κ3) is 2.44. The van der Waals surface area contributed by atoms with Crippen molar-refractivity contribution >= 4 is 5.91 Å². The fourth-order valence-electron chi connectivity index (χ4n) is 1.71. The van der Waals surface area contributed by atoms with E-state index in [9.17, 15) is 4.79 Å². The minimum absolute atomic E-state index is 0.0668. The SMILES string of the molecule is CCC(=O)N1CC(C)(C)NCC1C. The number of nitrogens with one attached hydrogen (secondary N) is 1. The smallest absolute Gasteiger partial charge is 0.222 e. The van der Waals surface area contributed by atoms with Gasteiger partial charge in [-0.1, -0.05) is 6.92 Å². The second-order valence-corrected chi connectivity index (χ2v) is 4.49. The Balaban J connectivity index is 2.65. The summed E-state index contributed by atoms with van der Waals surface area (Å²) in [5.41, 5.74) is 0.0668. The maximum absolute atomic E-state index is 11.6. The van der Waals surface area contributed by atoms with E-state index in [2.05, 4.69) is 26.1 Å². The van der Waals surface area contributed by atoms with E-state index in [1.54, 1.807) is 0 Å². The quantitative estimate of drug-likeness (QED) is 0.659. The predicted octanol–water partition coefficient (Wildman–Crippen LogP) is 0.995. The highest BCUT2D eigenvalue weighted by atomic mass is 16.2. The molecule has 1 heterocycles. The Labute approximate surface area is 80.5 Å². The highest BCUT2D eigenvalue weighted by Gasteiger charge is 2.31. The third-order valence-corrected chi connectivity index (χ3v) is 2.60. The third-order valence-electron chi connectivity index (χ3n) is 2.60. The Morgan fingerprint density at radius 2 is 2.23 bits per heavy atom. The van der Waals surface area contributed by atoms with E-state index in [0.29, 0.717) is 12.5 Å². The molecule has 0 aliphatic carbocycles. The van der Waals surface area contributed by atoms with Gasteiger partial charge in [0.15, 0.2) is 0 Å². The monoisotopic (exact) mass is 184 g/mol. The lowest BCUT2D eigenvalue weighted by Crippen LogP contribution is -2.62. The van der Waals surface area contributed by atoms with Gasteiger partial charge in [0, 0.05) is 31.1 Å². The Morgan fingerprint density at radius 1 is 1.62 bits per heavy atom. The van der Waals surface area contributed by atoms with Gasteiger partial charge in [0.2, 0.25) is 5.91 Å². The van der Waals surface area contributed by atoms with Gasteiger partial charge in [-0.05, 0) is 20.8 Å². The van der Waals surface area contributed by atoms with E-state index in [1.807, 2.05) is 11.8 Å². The molecule has 0 aromatic rings. The zero-order chi connectivity index (χ0) is 10.1. The molecule has 0 radical (unpaired) electrons. The summed E-state index contributed by atoms with van der Waals surface area (Å²) in [6, 6.07) is 0.334. The first kappa shape index (κ1) is 10.5.